The Labute approximate surface area is 333 Å². The number of aromatic nitrogens is 3. The Bertz CT molecular complexity index is 3960. The van der Waals surface area contributed by atoms with Gasteiger partial charge in [-0.1, -0.05) is 111 Å². The molecule has 1 aliphatic carbocycles. The van der Waals surface area contributed by atoms with Gasteiger partial charge in [0.1, 0.15) is 6.33 Å². The minimum atomic E-state index is -1.14. The molecule has 0 amide bonds. The van der Waals surface area contributed by atoms with Crippen LogP contribution in [0.3, 0.4) is 0 Å². The summed E-state index contributed by atoms with van der Waals surface area (Å²) in [6.07, 6.45) is 1.55. The molecular formula is C49H31N3S2. The lowest BCUT2D eigenvalue weighted by molar-refractivity contribution is 0.661. The standard InChI is InChI=1S/C49H31N3S2/c1-49(2)39-18-6-3-13-32(39)36-25-37-33-14-4-7-19-41(33)52(42(37)26-40(36)49)30-21-22-44-38(24-30)46-48(54-44)45(50-27-51-46)29-12-9-11-28(23-29)31-16-10-17-35-34-15-5-8-20-43(34)53-47(31)35/h3-27H,1-2H3/i3D,4D,6D,7D,13D,14D,18D,19D,25D,26D. The molecule has 4 aromatic heterocycles. The molecule has 12 rings (SSSR count). The molecule has 0 bridgehead atoms. The molecule has 54 heavy (non-hydrogen) atoms. The first kappa shape index (κ1) is 22.2. The predicted molar refractivity (Wildman–Crippen MR) is 231 cm³/mol. The molecule has 4 heterocycles. The quantitative estimate of drug-likeness (QED) is 0.181. The summed E-state index contributed by atoms with van der Waals surface area (Å²) in [5.41, 5.74) is 5.14. The molecule has 0 aliphatic heterocycles. The number of rotatable bonds is 3. The molecule has 11 aromatic rings. The number of para-hydroxylation sites is 1. The van der Waals surface area contributed by atoms with Crippen LogP contribution in [0.1, 0.15) is 38.7 Å². The smallest absolute Gasteiger partial charge is 0.116 e. The van der Waals surface area contributed by atoms with Crippen molar-refractivity contribution in [2.75, 3.05) is 0 Å². The SMILES string of the molecule is [2H]c1c([2H])c([2H])c2c(c1[2H])-c1c(c([2H])c3c(c1[2H])c1c([2H])c([2H])c([2H])c([2H])c1n3-c1ccc3sc4c(-c5cccc(-c6cccc7c6sc6ccccc67)c5)ncnc4c3c1)C2(C)C. The molecule has 0 unspecified atom stereocenters. The average molecular weight is 736 g/mol. The number of hydrogen-bond acceptors (Lipinski definition) is 4. The minimum Gasteiger partial charge on any atom is -0.309 e. The van der Waals surface area contributed by atoms with Crippen LogP contribution in [0.15, 0.2) is 152 Å². The number of nitrogens with zero attached hydrogens (tertiary/aromatic N) is 3. The average Bonchev–Trinajstić information content (AvgIpc) is 4.04. The van der Waals surface area contributed by atoms with Crippen molar-refractivity contribution in [2.45, 2.75) is 19.3 Å². The zero-order valence-corrected chi connectivity index (χ0v) is 30.5. The van der Waals surface area contributed by atoms with Crippen molar-refractivity contribution < 1.29 is 13.7 Å². The third kappa shape index (κ3) is 4.11. The normalized spacial score (nSPS) is 16.1. The van der Waals surface area contributed by atoms with E-state index in [1.165, 1.54) is 20.2 Å². The predicted octanol–water partition coefficient (Wildman–Crippen LogP) is 13.9. The lowest BCUT2D eigenvalue weighted by atomic mass is 9.82. The van der Waals surface area contributed by atoms with E-state index in [2.05, 4.69) is 54.6 Å². The highest BCUT2D eigenvalue weighted by Gasteiger charge is 2.36. The van der Waals surface area contributed by atoms with Crippen LogP contribution in [0, 0.1) is 0 Å². The molecule has 254 valence electrons. The summed E-state index contributed by atoms with van der Waals surface area (Å²) in [7, 11) is 0. The van der Waals surface area contributed by atoms with Gasteiger partial charge in [0.15, 0.2) is 0 Å². The highest BCUT2D eigenvalue weighted by atomic mass is 32.1. The summed E-state index contributed by atoms with van der Waals surface area (Å²) in [6, 6.07) is 25.6. The van der Waals surface area contributed by atoms with E-state index < -0.39 is 29.6 Å². The number of hydrogen-bond donors (Lipinski definition) is 0. The van der Waals surface area contributed by atoms with Crippen LogP contribution in [0.4, 0.5) is 0 Å². The van der Waals surface area contributed by atoms with E-state index in [4.69, 9.17) is 18.2 Å². The molecule has 7 aromatic carbocycles. The van der Waals surface area contributed by atoms with Crippen molar-refractivity contribution >= 4 is 85.0 Å². The van der Waals surface area contributed by atoms with Crippen molar-refractivity contribution in [2.24, 2.45) is 0 Å². The molecular weight excluding hydrogens is 695 g/mol. The van der Waals surface area contributed by atoms with Gasteiger partial charge in [-0.05, 0) is 81.8 Å². The summed E-state index contributed by atoms with van der Waals surface area (Å²) >= 11 is 3.33. The Morgan fingerprint density at radius 2 is 1.37 bits per heavy atom. The maximum Gasteiger partial charge on any atom is 0.116 e. The van der Waals surface area contributed by atoms with E-state index in [1.54, 1.807) is 47.4 Å². The Morgan fingerprint density at radius 3 is 2.33 bits per heavy atom. The van der Waals surface area contributed by atoms with Gasteiger partial charge in [-0.15, -0.1) is 22.7 Å². The summed E-state index contributed by atoms with van der Waals surface area (Å²) in [5, 5.41) is 3.39. The monoisotopic (exact) mass is 735 g/mol. The van der Waals surface area contributed by atoms with Gasteiger partial charge in [0, 0.05) is 57.7 Å². The summed E-state index contributed by atoms with van der Waals surface area (Å²) < 4.78 is 96.4. The number of fused-ring (bicyclic) bond motifs is 12. The third-order valence-corrected chi connectivity index (χ3v) is 13.3. The van der Waals surface area contributed by atoms with E-state index >= 15 is 0 Å². The van der Waals surface area contributed by atoms with Gasteiger partial charge in [0.25, 0.3) is 0 Å². The zero-order valence-electron chi connectivity index (χ0n) is 38.8. The van der Waals surface area contributed by atoms with Crippen LogP contribution in [0.25, 0.3) is 101 Å². The van der Waals surface area contributed by atoms with Gasteiger partial charge >= 0.3 is 0 Å². The molecule has 5 heteroatoms. The summed E-state index contributed by atoms with van der Waals surface area (Å²) in [4.78, 5) is 9.62. The first-order chi connectivity index (χ1) is 30.7. The Hall–Kier alpha value is -6.14. The van der Waals surface area contributed by atoms with Crippen molar-refractivity contribution in [1.29, 1.82) is 0 Å². The lowest BCUT2D eigenvalue weighted by Gasteiger charge is -2.21. The minimum absolute atomic E-state index is 0.0560. The molecule has 0 N–H and O–H groups in total. The maximum absolute atomic E-state index is 9.95. The van der Waals surface area contributed by atoms with E-state index in [0.29, 0.717) is 16.8 Å². The van der Waals surface area contributed by atoms with Gasteiger partial charge in [0.2, 0.25) is 0 Å². The fourth-order valence-electron chi connectivity index (χ4n) is 8.33. The second-order valence-electron chi connectivity index (χ2n) is 14.2. The fraction of sp³-hybridized carbons (Fsp3) is 0.0612. The molecule has 0 saturated heterocycles. The first-order valence-corrected chi connectivity index (χ1v) is 19.2. The third-order valence-electron chi connectivity index (χ3n) is 10.9. The Kier molecular flexibility index (Phi) is 4.50. The van der Waals surface area contributed by atoms with Crippen LogP contribution >= 0.6 is 22.7 Å². The number of thiophene rings is 2. The van der Waals surface area contributed by atoms with Gasteiger partial charge in [0.05, 0.1) is 40.7 Å². The lowest BCUT2D eigenvalue weighted by Crippen LogP contribution is -2.14. The van der Waals surface area contributed by atoms with Crippen LogP contribution in [-0.4, -0.2) is 14.5 Å². The van der Waals surface area contributed by atoms with E-state index in [1.807, 2.05) is 30.3 Å². The highest BCUT2D eigenvalue weighted by Crippen LogP contribution is 2.51. The van der Waals surface area contributed by atoms with Crippen molar-refractivity contribution in [3.8, 4) is 39.2 Å². The van der Waals surface area contributed by atoms with Crippen molar-refractivity contribution in [1.82, 2.24) is 14.5 Å². The molecule has 3 nitrogen and oxygen atoms in total. The summed E-state index contributed by atoms with van der Waals surface area (Å²) in [5.74, 6) is 0. The Balaban J connectivity index is 1.10. The largest absolute Gasteiger partial charge is 0.309 e. The fourth-order valence-corrected chi connectivity index (χ4v) is 10.7. The second-order valence-corrected chi connectivity index (χ2v) is 16.3. The molecule has 0 spiro atoms. The molecule has 0 fully saturated rings. The highest BCUT2D eigenvalue weighted by molar-refractivity contribution is 7.26. The molecule has 0 saturated carbocycles. The molecule has 0 radical (unpaired) electrons. The van der Waals surface area contributed by atoms with Crippen LogP contribution in [0.5, 0.6) is 0 Å². The van der Waals surface area contributed by atoms with E-state index in [-0.39, 0.29) is 74.8 Å². The topological polar surface area (TPSA) is 30.7 Å². The molecule has 1 aliphatic rings. The van der Waals surface area contributed by atoms with Gasteiger partial charge < -0.3 is 4.57 Å². The maximum atomic E-state index is 9.95. The molecule has 0 atom stereocenters. The van der Waals surface area contributed by atoms with Crippen LogP contribution in [0.2, 0.25) is 0 Å². The van der Waals surface area contributed by atoms with Gasteiger partial charge in [-0.2, -0.15) is 0 Å². The van der Waals surface area contributed by atoms with Crippen molar-refractivity contribution in [3.05, 3.63) is 163 Å². The van der Waals surface area contributed by atoms with Crippen LogP contribution in [-0.2, 0) is 5.41 Å². The van der Waals surface area contributed by atoms with E-state index in [9.17, 15) is 5.48 Å². The Morgan fingerprint density at radius 1 is 0.574 bits per heavy atom. The van der Waals surface area contributed by atoms with Crippen LogP contribution < -0.4 is 0 Å². The summed E-state index contributed by atoms with van der Waals surface area (Å²) in [6.45, 7) is 3.57. The van der Waals surface area contributed by atoms with Gasteiger partial charge in [-0.25, -0.2) is 9.97 Å². The van der Waals surface area contributed by atoms with Gasteiger partial charge in [-0.3, -0.25) is 0 Å². The van der Waals surface area contributed by atoms with E-state index in [0.717, 1.165) is 37.2 Å². The zero-order chi connectivity index (χ0) is 44.4. The van der Waals surface area contributed by atoms with Crippen molar-refractivity contribution in [3.63, 3.8) is 0 Å². The number of benzene rings is 7. The first-order valence-electron chi connectivity index (χ1n) is 22.6. The second kappa shape index (κ2) is 11.0.